The zero-order valence-electron chi connectivity index (χ0n) is 16.1. The molecule has 0 fully saturated rings. The Kier molecular flexibility index (Phi) is 4.94. The van der Waals surface area contributed by atoms with Crippen molar-refractivity contribution in [2.45, 2.75) is 26.4 Å². The van der Waals surface area contributed by atoms with Crippen LogP contribution in [-0.4, -0.2) is 15.5 Å². The number of hydrogen-bond donors (Lipinski definition) is 1. The molecule has 1 heterocycles. The smallest absolute Gasteiger partial charge is 0.251 e. The summed E-state index contributed by atoms with van der Waals surface area (Å²) in [6.07, 6.45) is 0. The van der Waals surface area contributed by atoms with Gasteiger partial charge in [-0.25, -0.2) is 4.98 Å². The summed E-state index contributed by atoms with van der Waals surface area (Å²) >= 11 is 0. The fraction of sp³-hybridized carbons (Fsp3) is 0.167. The van der Waals surface area contributed by atoms with Crippen LogP contribution < -0.4 is 5.32 Å². The molecule has 1 amide bonds. The summed E-state index contributed by atoms with van der Waals surface area (Å²) in [6.45, 7) is 4.82. The Morgan fingerprint density at radius 3 is 2.43 bits per heavy atom. The number of aryl methyl sites for hydroxylation is 1. The minimum Gasteiger partial charge on any atom is -0.342 e. The van der Waals surface area contributed by atoms with Crippen molar-refractivity contribution in [1.82, 2.24) is 14.9 Å². The number of carbonyl (C=O) groups excluding carboxylic acids is 1. The first-order chi connectivity index (χ1) is 13.6. The number of nitrogens with zero attached hydrogens (tertiary/aromatic N) is 2. The van der Waals surface area contributed by atoms with Gasteiger partial charge in [0, 0.05) is 12.1 Å². The van der Waals surface area contributed by atoms with E-state index in [1.807, 2.05) is 55.5 Å². The van der Waals surface area contributed by atoms with E-state index in [1.54, 1.807) is 0 Å². The van der Waals surface area contributed by atoms with E-state index in [4.69, 9.17) is 4.98 Å². The molecule has 1 N–H and O–H groups in total. The van der Waals surface area contributed by atoms with Crippen molar-refractivity contribution in [2.24, 2.45) is 0 Å². The monoisotopic (exact) mass is 369 g/mol. The number of hydrogen-bond acceptors (Lipinski definition) is 2. The predicted octanol–water partition coefficient (Wildman–Crippen LogP) is 4.88. The van der Waals surface area contributed by atoms with Crippen LogP contribution in [-0.2, 0) is 6.54 Å². The molecule has 4 heteroatoms. The van der Waals surface area contributed by atoms with Crippen molar-refractivity contribution < 1.29 is 4.79 Å². The highest BCUT2D eigenvalue weighted by molar-refractivity contribution is 5.94. The second-order valence-corrected chi connectivity index (χ2v) is 7.03. The Bertz CT molecular complexity index is 1120. The second kappa shape index (κ2) is 7.69. The van der Waals surface area contributed by atoms with E-state index in [-0.39, 0.29) is 11.9 Å². The third-order valence-corrected chi connectivity index (χ3v) is 5.04. The lowest BCUT2D eigenvalue weighted by atomic mass is 10.1. The molecule has 0 saturated heterocycles. The molecule has 140 valence electrons. The van der Waals surface area contributed by atoms with Crippen LogP contribution in [0.2, 0.25) is 0 Å². The van der Waals surface area contributed by atoms with Crippen LogP contribution in [0.3, 0.4) is 0 Å². The maximum Gasteiger partial charge on any atom is 0.251 e. The van der Waals surface area contributed by atoms with E-state index < -0.39 is 0 Å². The van der Waals surface area contributed by atoms with Crippen molar-refractivity contribution in [3.8, 4) is 0 Å². The van der Waals surface area contributed by atoms with Gasteiger partial charge in [-0.3, -0.25) is 4.79 Å². The molecule has 4 aromatic rings. The van der Waals surface area contributed by atoms with Gasteiger partial charge in [-0.15, -0.1) is 0 Å². The van der Waals surface area contributed by atoms with Gasteiger partial charge in [0.1, 0.15) is 5.82 Å². The van der Waals surface area contributed by atoms with Gasteiger partial charge in [0.25, 0.3) is 5.91 Å². The number of carbonyl (C=O) groups is 1. The zero-order chi connectivity index (χ0) is 19.5. The summed E-state index contributed by atoms with van der Waals surface area (Å²) in [4.78, 5) is 17.5. The lowest BCUT2D eigenvalue weighted by Gasteiger charge is -2.17. The van der Waals surface area contributed by atoms with E-state index in [9.17, 15) is 4.79 Å². The van der Waals surface area contributed by atoms with Crippen LogP contribution in [0.25, 0.3) is 11.0 Å². The fourth-order valence-corrected chi connectivity index (χ4v) is 3.48. The van der Waals surface area contributed by atoms with Gasteiger partial charge in [0.05, 0.1) is 17.1 Å². The molecule has 28 heavy (non-hydrogen) atoms. The number of amides is 1. The molecule has 3 aromatic carbocycles. The highest BCUT2D eigenvalue weighted by Gasteiger charge is 2.19. The van der Waals surface area contributed by atoms with E-state index in [0.717, 1.165) is 16.9 Å². The summed E-state index contributed by atoms with van der Waals surface area (Å²) < 4.78 is 2.20. The fourth-order valence-electron chi connectivity index (χ4n) is 3.48. The van der Waals surface area contributed by atoms with E-state index in [2.05, 4.69) is 47.1 Å². The average molecular weight is 369 g/mol. The third kappa shape index (κ3) is 3.54. The summed E-state index contributed by atoms with van der Waals surface area (Å²) in [6, 6.07) is 25.5. The molecule has 0 saturated carbocycles. The number of para-hydroxylation sites is 2. The van der Waals surface area contributed by atoms with Crippen LogP contribution in [0.15, 0.2) is 78.9 Å². The number of nitrogens with one attached hydrogen (secondary N) is 1. The molecular formula is C24H23N3O. The Balaban J connectivity index is 1.70. The van der Waals surface area contributed by atoms with Crippen molar-refractivity contribution in [1.29, 1.82) is 0 Å². The predicted molar refractivity (Wildman–Crippen MR) is 112 cm³/mol. The molecule has 0 spiro atoms. The van der Waals surface area contributed by atoms with Gasteiger partial charge in [0.15, 0.2) is 0 Å². The first-order valence-corrected chi connectivity index (χ1v) is 9.49. The van der Waals surface area contributed by atoms with Crippen LogP contribution in [0.4, 0.5) is 0 Å². The molecular weight excluding hydrogens is 346 g/mol. The highest BCUT2D eigenvalue weighted by Crippen LogP contribution is 2.23. The molecule has 0 radical (unpaired) electrons. The molecule has 0 bridgehead atoms. The maximum atomic E-state index is 12.6. The lowest BCUT2D eigenvalue weighted by molar-refractivity contribution is 0.0938. The minimum absolute atomic E-state index is 0.0948. The van der Waals surface area contributed by atoms with E-state index in [1.165, 1.54) is 11.1 Å². The Morgan fingerprint density at radius 2 is 1.64 bits per heavy atom. The molecule has 0 aliphatic rings. The van der Waals surface area contributed by atoms with Gasteiger partial charge >= 0.3 is 0 Å². The maximum absolute atomic E-state index is 12.6. The molecule has 4 nitrogen and oxygen atoms in total. The standard InChI is InChI=1S/C24H23N3O/c1-17-10-6-7-13-20(17)16-27-22-15-9-8-14-21(22)26-23(27)18(2)25-24(28)19-11-4-3-5-12-19/h3-15,18H,16H2,1-2H3,(H,25,28). The molecule has 0 aliphatic carbocycles. The van der Waals surface area contributed by atoms with E-state index >= 15 is 0 Å². The molecule has 1 aromatic heterocycles. The van der Waals surface area contributed by atoms with Gasteiger partial charge in [-0.05, 0) is 49.2 Å². The van der Waals surface area contributed by atoms with Crippen LogP contribution >= 0.6 is 0 Å². The van der Waals surface area contributed by atoms with Crippen molar-refractivity contribution in [3.05, 3.63) is 101 Å². The average Bonchev–Trinajstić information content (AvgIpc) is 3.09. The number of rotatable bonds is 5. The number of fused-ring (bicyclic) bond motifs is 1. The topological polar surface area (TPSA) is 46.9 Å². The lowest BCUT2D eigenvalue weighted by Crippen LogP contribution is -2.28. The number of aromatic nitrogens is 2. The first kappa shape index (κ1) is 18.0. The summed E-state index contributed by atoms with van der Waals surface area (Å²) in [5.74, 6) is 0.760. The van der Waals surface area contributed by atoms with Gasteiger partial charge in [0.2, 0.25) is 0 Å². The molecule has 4 rings (SSSR count). The summed E-state index contributed by atoms with van der Waals surface area (Å²) in [7, 11) is 0. The SMILES string of the molecule is Cc1ccccc1Cn1c(C(C)NC(=O)c2ccccc2)nc2ccccc21. The largest absolute Gasteiger partial charge is 0.342 e. The molecule has 1 unspecified atom stereocenters. The zero-order valence-corrected chi connectivity index (χ0v) is 16.1. The van der Waals surface area contributed by atoms with Gasteiger partial charge in [-0.2, -0.15) is 0 Å². The summed E-state index contributed by atoms with van der Waals surface area (Å²) in [5.41, 5.74) is 5.14. The van der Waals surface area contributed by atoms with E-state index in [0.29, 0.717) is 12.1 Å². The Labute approximate surface area is 164 Å². The molecule has 0 aliphatic heterocycles. The molecule has 1 atom stereocenters. The first-order valence-electron chi connectivity index (χ1n) is 9.49. The third-order valence-electron chi connectivity index (χ3n) is 5.04. The van der Waals surface area contributed by atoms with Gasteiger partial charge in [-0.1, -0.05) is 54.6 Å². The number of imidazole rings is 1. The minimum atomic E-state index is -0.218. The highest BCUT2D eigenvalue weighted by atomic mass is 16.1. The number of benzene rings is 3. The van der Waals surface area contributed by atoms with Crippen LogP contribution in [0.1, 0.15) is 40.3 Å². The van der Waals surface area contributed by atoms with Crippen molar-refractivity contribution in [3.63, 3.8) is 0 Å². The van der Waals surface area contributed by atoms with Gasteiger partial charge < -0.3 is 9.88 Å². The van der Waals surface area contributed by atoms with Crippen LogP contribution in [0, 0.1) is 6.92 Å². The van der Waals surface area contributed by atoms with Crippen LogP contribution in [0.5, 0.6) is 0 Å². The normalized spacial score (nSPS) is 12.1. The van der Waals surface area contributed by atoms with Crippen molar-refractivity contribution >= 4 is 16.9 Å². The Hall–Kier alpha value is -3.40. The second-order valence-electron chi connectivity index (χ2n) is 7.03. The summed E-state index contributed by atoms with van der Waals surface area (Å²) in [5, 5.41) is 3.09. The Morgan fingerprint density at radius 1 is 0.964 bits per heavy atom. The quantitative estimate of drug-likeness (QED) is 0.545. The van der Waals surface area contributed by atoms with Crippen molar-refractivity contribution in [2.75, 3.05) is 0 Å².